The summed E-state index contributed by atoms with van der Waals surface area (Å²) in [6.45, 7) is 0. The molecule has 0 saturated carbocycles. The van der Waals surface area contributed by atoms with E-state index in [1.54, 1.807) is 0 Å². The number of fused-ring (bicyclic) bond motifs is 1. The van der Waals surface area contributed by atoms with Gasteiger partial charge in [-0.3, -0.25) is 4.79 Å². The van der Waals surface area contributed by atoms with Crippen LogP contribution in [0.4, 0.5) is 0 Å². The molecule has 3 nitrogen and oxygen atoms in total. The van der Waals surface area contributed by atoms with Crippen LogP contribution < -0.4 is 5.73 Å². The van der Waals surface area contributed by atoms with Crippen LogP contribution in [0.1, 0.15) is 24.0 Å². The molecule has 0 spiro atoms. The van der Waals surface area contributed by atoms with E-state index < -0.39 is 11.5 Å². The quantitative estimate of drug-likeness (QED) is 0.830. The van der Waals surface area contributed by atoms with Gasteiger partial charge in [-0.1, -0.05) is 24.3 Å². The number of aryl methyl sites for hydroxylation is 1. The molecule has 0 aromatic heterocycles. The van der Waals surface area contributed by atoms with E-state index in [2.05, 4.69) is 6.07 Å². The van der Waals surface area contributed by atoms with Crippen molar-refractivity contribution in [2.24, 2.45) is 5.73 Å². The Morgan fingerprint density at radius 1 is 1.38 bits per heavy atom. The molecule has 1 aromatic rings. The molecule has 0 heterocycles. The fraction of sp³-hybridized carbons (Fsp3) is 0.417. The molecule has 0 radical (unpaired) electrons. The van der Waals surface area contributed by atoms with Crippen LogP contribution in [0.5, 0.6) is 0 Å². The lowest BCUT2D eigenvalue weighted by Gasteiger charge is -2.33. The van der Waals surface area contributed by atoms with Gasteiger partial charge in [0.2, 0.25) is 0 Å². The van der Waals surface area contributed by atoms with Gasteiger partial charge in [-0.15, -0.1) is 12.4 Å². The molecule has 88 valence electrons. The molecule has 0 fully saturated rings. The third-order valence-corrected chi connectivity index (χ3v) is 3.06. The summed E-state index contributed by atoms with van der Waals surface area (Å²) in [7, 11) is 0. The standard InChI is InChI=1S/C12H15NO2.ClH/c13-12(8-11(14)15)6-5-9-3-1-2-4-10(9)7-12;/h1-4H,5-8,13H2,(H,14,15);1H. The molecule has 2 rings (SSSR count). The zero-order chi connectivity index (χ0) is 10.9. The normalized spacial score (nSPS) is 23.1. The first-order valence-corrected chi connectivity index (χ1v) is 5.17. The molecule has 0 bridgehead atoms. The Morgan fingerprint density at radius 2 is 2.00 bits per heavy atom. The average molecular weight is 242 g/mol. The first kappa shape index (κ1) is 13.0. The lowest BCUT2D eigenvalue weighted by atomic mass is 9.77. The molecule has 0 saturated heterocycles. The number of nitrogens with two attached hydrogens (primary N) is 1. The van der Waals surface area contributed by atoms with E-state index in [9.17, 15) is 4.79 Å². The summed E-state index contributed by atoms with van der Waals surface area (Å²) < 4.78 is 0. The van der Waals surface area contributed by atoms with Crippen molar-refractivity contribution in [1.29, 1.82) is 0 Å². The lowest BCUT2D eigenvalue weighted by molar-refractivity contribution is -0.138. The van der Waals surface area contributed by atoms with E-state index in [0.717, 1.165) is 12.8 Å². The van der Waals surface area contributed by atoms with Crippen molar-refractivity contribution in [2.75, 3.05) is 0 Å². The van der Waals surface area contributed by atoms with Crippen LogP contribution >= 0.6 is 12.4 Å². The highest BCUT2D eigenvalue weighted by molar-refractivity contribution is 5.85. The van der Waals surface area contributed by atoms with Crippen LogP contribution in [-0.2, 0) is 17.6 Å². The van der Waals surface area contributed by atoms with Crippen molar-refractivity contribution in [3.05, 3.63) is 35.4 Å². The van der Waals surface area contributed by atoms with Gasteiger partial charge in [0.05, 0.1) is 6.42 Å². The Bertz CT molecular complexity index is 394. The maximum atomic E-state index is 10.7. The maximum Gasteiger partial charge on any atom is 0.305 e. The lowest BCUT2D eigenvalue weighted by Crippen LogP contribution is -2.46. The third-order valence-electron chi connectivity index (χ3n) is 3.06. The van der Waals surface area contributed by atoms with E-state index in [1.165, 1.54) is 11.1 Å². The molecule has 4 heteroatoms. The van der Waals surface area contributed by atoms with E-state index in [4.69, 9.17) is 10.8 Å². The van der Waals surface area contributed by atoms with Crippen molar-refractivity contribution in [1.82, 2.24) is 0 Å². The first-order chi connectivity index (χ1) is 7.09. The Kier molecular flexibility index (Phi) is 3.94. The van der Waals surface area contributed by atoms with Gasteiger partial charge in [0.1, 0.15) is 0 Å². The molecular formula is C12H16ClNO2. The number of benzene rings is 1. The number of hydrogen-bond donors (Lipinski definition) is 2. The number of halogens is 1. The summed E-state index contributed by atoms with van der Waals surface area (Å²) in [5.41, 5.74) is 8.05. The number of hydrogen-bond acceptors (Lipinski definition) is 2. The number of carboxylic acids is 1. The minimum Gasteiger partial charge on any atom is -0.481 e. The van der Waals surface area contributed by atoms with E-state index in [1.807, 2.05) is 18.2 Å². The fourth-order valence-electron chi connectivity index (χ4n) is 2.28. The molecule has 0 amide bonds. The van der Waals surface area contributed by atoms with Crippen LogP contribution in [-0.4, -0.2) is 16.6 Å². The molecule has 1 aliphatic carbocycles. The predicted molar refractivity (Wildman–Crippen MR) is 64.9 cm³/mol. The number of rotatable bonds is 2. The minimum atomic E-state index is -0.808. The highest BCUT2D eigenvalue weighted by atomic mass is 35.5. The van der Waals surface area contributed by atoms with Crippen molar-refractivity contribution < 1.29 is 9.90 Å². The predicted octanol–water partition coefficient (Wildman–Crippen LogP) is 1.77. The third kappa shape index (κ3) is 2.74. The van der Waals surface area contributed by atoms with Crippen LogP contribution in [0.15, 0.2) is 24.3 Å². The Labute approximate surface area is 101 Å². The highest BCUT2D eigenvalue weighted by Gasteiger charge is 2.32. The maximum absolute atomic E-state index is 10.7. The van der Waals surface area contributed by atoms with Gasteiger partial charge < -0.3 is 10.8 Å². The minimum absolute atomic E-state index is 0. The first-order valence-electron chi connectivity index (χ1n) is 5.17. The summed E-state index contributed by atoms with van der Waals surface area (Å²) in [6.07, 6.45) is 2.38. The Hall–Kier alpha value is -1.06. The molecule has 3 N–H and O–H groups in total. The van der Waals surface area contributed by atoms with E-state index in [0.29, 0.717) is 6.42 Å². The Morgan fingerprint density at radius 3 is 2.62 bits per heavy atom. The second-order valence-corrected chi connectivity index (χ2v) is 4.38. The van der Waals surface area contributed by atoms with Gasteiger partial charge in [-0.05, 0) is 30.4 Å². The van der Waals surface area contributed by atoms with Crippen molar-refractivity contribution in [3.8, 4) is 0 Å². The summed E-state index contributed by atoms with van der Waals surface area (Å²) in [5, 5.41) is 8.80. The van der Waals surface area contributed by atoms with E-state index in [-0.39, 0.29) is 18.8 Å². The van der Waals surface area contributed by atoms with Gasteiger partial charge >= 0.3 is 5.97 Å². The number of aliphatic carboxylic acids is 1. The fourth-order valence-corrected chi connectivity index (χ4v) is 2.28. The molecule has 1 aliphatic rings. The largest absolute Gasteiger partial charge is 0.481 e. The summed E-state index contributed by atoms with van der Waals surface area (Å²) >= 11 is 0. The smallest absolute Gasteiger partial charge is 0.305 e. The van der Waals surface area contributed by atoms with Gasteiger partial charge in [0.15, 0.2) is 0 Å². The molecular weight excluding hydrogens is 226 g/mol. The molecule has 1 unspecified atom stereocenters. The van der Waals surface area contributed by atoms with Crippen LogP contribution in [0, 0.1) is 0 Å². The van der Waals surface area contributed by atoms with Crippen molar-refractivity contribution in [3.63, 3.8) is 0 Å². The average Bonchev–Trinajstić information content (AvgIpc) is 2.15. The Balaban J connectivity index is 0.00000128. The second-order valence-electron chi connectivity index (χ2n) is 4.38. The highest BCUT2D eigenvalue weighted by Crippen LogP contribution is 2.29. The van der Waals surface area contributed by atoms with E-state index >= 15 is 0 Å². The number of carbonyl (C=O) groups is 1. The zero-order valence-corrected chi connectivity index (χ0v) is 9.80. The zero-order valence-electron chi connectivity index (χ0n) is 8.98. The van der Waals surface area contributed by atoms with Gasteiger partial charge in [0.25, 0.3) is 0 Å². The van der Waals surface area contributed by atoms with Gasteiger partial charge in [0, 0.05) is 5.54 Å². The summed E-state index contributed by atoms with van der Waals surface area (Å²) in [5.74, 6) is -0.808. The summed E-state index contributed by atoms with van der Waals surface area (Å²) in [6, 6.07) is 8.12. The molecule has 16 heavy (non-hydrogen) atoms. The van der Waals surface area contributed by atoms with Crippen LogP contribution in [0.3, 0.4) is 0 Å². The van der Waals surface area contributed by atoms with Crippen molar-refractivity contribution in [2.45, 2.75) is 31.2 Å². The second kappa shape index (κ2) is 4.85. The van der Waals surface area contributed by atoms with Gasteiger partial charge in [-0.2, -0.15) is 0 Å². The SMILES string of the molecule is Cl.NC1(CC(=O)O)CCc2ccccc2C1. The monoisotopic (exact) mass is 241 g/mol. The van der Waals surface area contributed by atoms with Crippen molar-refractivity contribution >= 4 is 18.4 Å². The summed E-state index contributed by atoms with van der Waals surface area (Å²) in [4.78, 5) is 10.7. The number of carboxylic acid groups (broad SMARTS) is 1. The molecule has 1 atom stereocenters. The van der Waals surface area contributed by atoms with Crippen LogP contribution in [0.2, 0.25) is 0 Å². The molecule has 0 aliphatic heterocycles. The van der Waals surface area contributed by atoms with Gasteiger partial charge in [-0.25, -0.2) is 0 Å². The topological polar surface area (TPSA) is 63.3 Å². The van der Waals surface area contributed by atoms with Crippen LogP contribution in [0.25, 0.3) is 0 Å². The molecule has 1 aromatic carbocycles.